The molecule has 0 spiro atoms. The summed E-state index contributed by atoms with van der Waals surface area (Å²) in [5, 5.41) is 8.46. The molecule has 2 aromatic carbocycles. The van der Waals surface area contributed by atoms with E-state index in [1.54, 1.807) is 31.4 Å². The summed E-state index contributed by atoms with van der Waals surface area (Å²) in [6, 6.07) is 13.9. The first-order valence-corrected chi connectivity index (χ1v) is 8.20. The standard InChI is InChI=1S/C19H20N4O3/c1-12-4-3-5-14(10-12)21-19-22-16(18(25)23-19)11-17(24)20-13-6-8-15(26-2)9-7-13/h3-10,16H,11H2,1-2H3,(H,20,24)(H2,21,22,23,25)/t16-/m0/s1. The molecule has 1 heterocycles. The number of methoxy groups -OCH3 is 1. The van der Waals surface area contributed by atoms with Crippen LogP contribution in [0.1, 0.15) is 12.0 Å². The summed E-state index contributed by atoms with van der Waals surface area (Å²) in [5.74, 6) is 0.471. The van der Waals surface area contributed by atoms with E-state index in [1.807, 2.05) is 31.2 Å². The van der Waals surface area contributed by atoms with Crippen LogP contribution < -0.4 is 20.7 Å². The molecule has 0 aliphatic carbocycles. The average molecular weight is 352 g/mol. The van der Waals surface area contributed by atoms with Gasteiger partial charge in [-0.3, -0.25) is 14.9 Å². The summed E-state index contributed by atoms with van der Waals surface area (Å²) >= 11 is 0. The van der Waals surface area contributed by atoms with Crippen LogP contribution in [-0.2, 0) is 9.59 Å². The molecule has 0 saturated heterocycles. The third kappa shape index (κ3) is 4.38. The number of nitrogens with one attached hydrogen (secondary N) is 3. The van der Waals surface area contributed by atoms with E-state index in [2.05, 4.69) is 20.9 Å². The van der Waals surface area contributed by atoms with E-state index in [4.69, 9.17) is 4.74 Å². The number of hydrogen-bond donors (Lipinski definition) is 3. The van der Waals surface area contributed by atoms with Gasteiger partial charge in [-0.25, -0.2) is 4.99 Å². The molecule has 2 aromatic rings. The number of amides is 2. The van der Waals surface area contributed by atoms with E-state index in [0.29, 0.717) is 17.4 Å². The van der Waals surface area contributed by atoms with Crippen molar-refractivity contribution in [3.05, 3.63) is 54.1 Å². The van der Waals surface area contributed by atoms with Gasteiger partial charge in [0.25, 0.3) is 5.91 Å². The van der Waals surface area contributed by atoms with Crippen LogP contribution in [0.2, 0.25) is 0 Å². The molecule has 0 unspecified atom stereocenters. The number of carbonyl (C=O) groups is 2. The van der Waals surface area contributed by atoms with E-state index in [-0.39, 0.29) is 18.2 Å². The fourth-order valence-electron chi connectivity index (χ4n) is 2.57. The largest absolute Gasteiger partial charge is 0.497 e. The van der Waals surface area contributed by atoms with Crippen LogP contribution in [0.15, 0.2) is 53.5 Å². The van der Waals surface area contributed by atoms with E-state index in [9.17, 15) is 9.59 Å². The number of nitrogens with zero attached hydrogens (tertiary/aromatic N) is 1. The molecule has 1 aliphatic heterocycles. The minimum Gasteiger partial charge on any atom is -0.497 e. The molecule has 0 radical (unpaired) electrons. The van der Waals surface area contributed by atoms with Gasteiger partial charge >= 0.3 is 0 Å². The molecule has 0 bridgehead atoms. The summed E-state index contributed by atoms with van der Waals surface area (Å²) in [6.07, 6.45) is -0.0309. The lowest BCUT2D eigenvalue weighted by Crippen LogP contribution is -2.33. The Bertz CT molecular complexity index is 846. The van der Waals surface area contributed by atoms with E-state index < -0.39 is 6.04 Å². The fraction of sp³-hybridized carbons (Fsp3) is 0.211. The van der Waals surface area contributed by atoms with Crippen LogP contribution in [0.5, 0.6) is 5.75 Å². The lowest BCUT2D eigenvalue weighted by Gasteiger charge is -2.07. The van der Waals surface area contributed by atoms with Crippen molar-refractivity contribution >= 4 is 29.1 Å². The van der Waals surface area contributed by atoms with Gasteiger partial charge in [0.05, 0.1) is 13.5 Å². The summed E-state index contributed by atoms with van der Waals surface area (Å²) in [4.78, 5) is 28.5. The SMILES string of the molecule is COc1ccc(NC(=O)C[C@@H]2N=C(Nc3cccc(C)c3)NC2=O)cc1. The Morgan fingerprint density at radius 1 is 1.19 bits per heavy atom. The lowest BCUT2D eigenvalue weighted by molar-refractivity contribution is -0.123. The van der Waals surface area contributed by atoms with Crippen LogP contribution >= 0.6 is 0 Å². The Morgan fingerprint density at radius 3 is 2.65 bits per heavy atom. The predicted octanol–water partition coefficient (Wildman–Crippen LogP) is 2.30. The maximum atomic E-state index is 12.2. The van der Waals surface area contributed by atoms with E-state index in [0.717, 1.165) is 11.3 Å². The molecular weight excluding hydrogens is 332 g/mol. The smallest absolute Gasteiger partial charge is 0.252 e. The Morgan fingerprint density at radius 2 is 1.96 bits per heavy atom. The van der Waals surface area contributed by atoms with Crippen molar-refractivity contribution in [2.75, 3.05) is 17.7 Å². The van der Waals surface area contributed by atoms with Gasteiger partial charge in [-0.1, -0.05) is 12.1 Å². The van der Waals surface area contributed by atoms with Crippen LogP contribution in [0.25, 0.3) is 0 Å². The lowest BCUT2D eigenvalue weighted by atomic mass is 10.2. The Hall–Kier alpha value is -3.35. The summed E-state index contributed by atoms with van der Waals surface area (Å²) in [5.41, 5.74) is 2.55. The quantitative estimate of drug-likeness (QED) is 0.770. The highest BCUT2D eigenvalue weighted by Crippen LogP contribution is 2.16. The van der Waals surface area contributed by atoms with Gasteiger partial charge in [-0.2, -0.15) is 0 Å². The number of benzene rings is 2. The van der Waals surface area contributed by atoms with Crippen LogP contribution in [0, 0.1) is 6.92 Å². The van der Waals surface area contributed by atoms with Gasteiger partial charge in [-0.15, -0.1) is 0 Å². The van der Waals surface area contributed by atoms with Crippen molar-refractivity contribution in [2.24, 2.45) is 4.99 Å². The van der Waals surface area contributed by atoms with Crippen molar-refractivity contribution in [1.29, 1.82) is 0 Å². The predicted molar refractivity (Wildman–Crippen MR) is 100 cm³/mol. The number of aryl methyl sites for hydroxylation is 1. The number of ether oxygens (including phenoxy) is 1. The zero-order valence-corrected chi connectivity index (χ0v) is 14.6. The fourth-order valence-corrected chi connectivity index (χ4v) is 2.57. The second-order valence-electron chi connectivity index (χ2n) is 5.96. The van der Waals surface area contributed by atoms with E-state index >= 15 is 0 Å². The molecule has 7 heteroatoms. The van der Waals surface area contributed by atoms with Gasteiger partial charge in [-0.05, 0) is 48.9 Å². The number of guanidine groups is 1. The molecule has 0 saturated carbocycles. The molecule has 1 aliphatic rings. The number of rotatable bonds is 5. The molecule has 1 atom stereocenters. The highest BCUT2D eigenvalue weighted by Gasteiger charge is 2.28. The molecule has 134 valence electrons. The van der Waals surface area contributed by atoms with Crippen molar-refractivity contribution in [2.45, 2.75) is 19.4 Å². The maximum absolute atomic E-state index is 12.2. The first-order valence-electron chi connectivity index (χ1n) is 8.20. The van der Waals surface area contributed by atoms with Gasteiger partial charge in [0.15, 0.2) is 0 Å². The highest BCUT2D eigenvalue weighted by molar-refractivity contribution is 6.11. The van der Waals surface area contributed by atoms with Crippen molar-refractivity contribution in [3.8, 4) is 5.75 Å². The minimum atomic E-state index is -0.749. The molecule has 2 amide bonds. The molecule has 26 heavy (non-hydrogen) atoms. The van der Waals surface area contributed by atoms with Gasteiger partial charge in [0, 0.05) is 11.4 Å². The Kier molecular flexibility index (Phi) is 5.17. The number of anilines is 2. The second-order valence-corrected chi connectivity index (χ2v) is 5.96. The summed E-state index contributed by atoms with van der Waals surface area (Å²) in [7, 11) is 1.58. The Balaban J connectivity index is 1.58. The molecule has 7 nitrogen and oxygen atoms in total. The topological polar surface area (TPSA) is 91.8 Å². The second kappa shape index (κ2) is 7.69. The van der Waals surface area contributed by atoms with Gasteiger partial charge < -0.3 is 15.4 Å². The van der Waals surface area contributed by atoms with Crippen molar-refractivity contribution < 1.29 is 14.3 Å². The summed E-state index contributed by atoms with van der Waals surface area (Å²) < 4.78 is 5.07. The summed E-state index contributed by atoms with van der Waals surface area (Å²) in [6.45, 7) is 1.98. The van der Waals surface area contributed by atoms with E-state index in [1.165, 1.54) is 0 Å². The monoisotopic (exact) mass is 352 g/mol. The third-order valence-corrected chi connectivity index (χ3v) is 3.86. The van der Waals surface area contributed by atoms with Crippen LogP contribution in [-0.4, -0.2) is 30.9 Å². The molecule has 3 rings (SSSR count). The average Bonchev–Trinajstić information content (AvgIpc) is 2.94. The van der Waals surface area contributed by atoms with Gasteiger partial charge in [0.2, 0.25) is 11.9 Å². The molecular formula is C19H20N4O3. The molecule has 0 aromatic heterocycles. The maximum Gasteiger partial charge on any atom is 0.252 e. The highest BCUT2D eigenvalue weighted by atomic mass is 16.5. The number of carbonyl (C=O) groups excluding carboxylic acids is 2. The van der Waals surface area contributed by atoms with Gasteiger partial charge in [0.1, 0.15) is 11.8 Å². The zero-order valence-electron chi connectivity index (χ0n) is 14.6. The number of hydrogen-bond acceptors (Lipinski definition) is 5. The molecule has 0 fully saturated rings. The minimum absolute atomic E-state index is 0.0309. The van der Waals surface area contributed by atoms with Crippen LogP contribution in [0.4, 0.5) is 11.4 Å². The third-order valence-electron chi connectivity index (χ3n) is 3.86. The zero-order chi connectivity index (χ0) is 18.5. The Labute approximate surface area is 151 Å². The van der Waals surface area contributed by atoms with Crippen molar-refractivity contribution in [1.82, 2.24) is 5.32 Å². The van der Waals surface area contributed by atoms with Crippen molar-refractivity contribution in [3.63, 3.8) is 0 Å². The number of aliphatic imine (C=N–C) groups is 1. The first kappa shape index (κ1) is 17.5. The normalized spacial score (nSPS) is 15.8. The molecule has 3 N–H and O–H groups in total. The first-order chi connectivity index (χ1) is 12.5. The van der Waals surface area contributed by atoms with Crippen LogP contribution in [0.3, 0.4) is 0 Å².